The summed E-state index contributed by atoms with van der Waals surface area (Å²) in [6.45, 7) is 3.53. The van der Waals surface area contributed by atoms with Crippen LogP contribution in [0.25, 0.3) is 11.3 Å². The van der Waals surface area contributed by atoms with Gasteiger partial charge in [0, 0.05) is 36.0 Å². The molecule has 1 aliphatic rings. The molecular weight excluding hydrogens is 312 g/mol. The van der Waals surface area contributed by atoms with Crippen molar-refractivity contribution in [3.63, 3.8) is 0 Å². The van der Waals surface area contributed by atoms with Gasteiger partial charge in [-0.05, 0) is 19.8 Å². The minimum atomic E-state index is -1.09. The molecule has 0 aliphatic carbocycles. The molecule has 0 unspecified atom stereocenters. The van der Waals surface area contributed by atoms with E-state index in [1.54, 1.807) is 0 Å². The van der Waals surface area contributed by atoms with Crippen LogP contribution in [-0.4, -0.2) is 30.2 Å². The number of hydrogen-bond acceptors (Lipinski definition) is 6. The summed E-state index contributed by atoms with van der Waals surface area (Å²) in [7, 11) is 0. The predicted molar refractivity (Wildman–Crippen MR) is 88.5 cm³/mol. The van der Waals surface area contributed by atoms with Gasteiger partial charge in [-0.3, -0.25) is 0 Å². The highest BCUT2D eigenvalue weighted by atomic mass is 32.1. The van der Waals surface area contributed by atoms with E-state index in [1.165, 1.54) is 11.3 Å². The number of benzene rings is 1. The lowest BCUT2D eigenvalue weighted by Crippen LogP contribution is -2.24. The molecule has 6 heteroatoms. The molecule has 0 spiro atoms. The lowest BCUT2D eigenvalue weighted by atomic mass is 10.1. The summed E-state index contributed by atoms with van der Waals surface area (Å²) in [5.74, 6) is -1.09. The lowest BCUT2D eigenvalue weighted by molar-refractivity contribution is -0.304. The molecule has 0 radical (unpaired) electrons. The first-order valence-electron chi connectivity index (χ1n) is 7.74. The van der Waals surface area contributed by atoms with E-state index in [2.05, 4.69) is 10.3 Å². The van der Waals surface area contributed by atoms with E-state index in [4.69, 9.17) is 4.74 Å². The molecule has 2 heterocycles. The Kier molecular flexibility index (Phi) is 4.93. The van der Waals surface area contributed by atoms with E-state index in [0.717, 1.165) is 35.7 Å². The van der Waals surface area contributed by atoms with Crippen LogP contribution in [-0.2, 0) is 16.0 Å². The first-order chi connectivity index (χ1) is 11.1. The number of carboxylic acids is 1. The maximum absolute atomic E-state index is 11.0. The van der Waals surface area contributed by atoms with Crippen LogP contribution in [0.2, 0.25) is 0 Å². The third-order valence-electron chi connectivity index (χ3n) is 3.83. The molecule has 1 aliphatic heterocycles. The summed E-state index contributed by atoms with van der Waals surface area (Å²) in [6.07, 6.45) is 2.23. The molecule has 0 bridgehead atoms. The Hall–Kier alpha value is -1.92. The van der Waals surface area contributed by atoms with Gasteiger partial charge >= 0.3 is 0 Å². The van der Waals surface area contributed by atoms with Gasteiger partial charge in [-0.2, -0.15) is 0 Å². The number of carbonyl (C=O) groups is 1. The summed E-state index contributed by atoms with van der Waals surface area (Å²) in [5, 5.41) is 15.0. The molecule has 3 rings (SSSR count). The van der Waals surface area contributed by atoms with Crippen LogP contribution >= 0.6 is 11.3 Å². The standard InChI is InChI=1S/C17H20N2O3S/c1-11-4-6-12(7-5-11)16-14(9-15(20)21)23-17(19-16)18-10-13-3-2-8-22-13/h4-7,13H,2-3,8-10H2,1H3,(H,18,19)(H,20,21)/p-1/t13-/m1/s1. The molecule has 1 N–H and O–H groups in total. The normalized spacial score (nSPS) is 17.3. The minimum Gasteiger partial charge on any atom is -0.550 e. The van der Waals surface area contributed by atoms with Crippen LogP contribution in [0, 0.1) is 6.92 Å². The number of rotatable bonds is 6. The summed E-state index contributed by atoms with van der Waals surface area (Å²) in [6, 6.07) is 7.92. The van der Waals surface area contributed by atoms with E-state index < -0.39 is 5.97 Å². The van der Waals surface area contributed by atoms with E-state index >= 15 is 0 Å². The second kappa shape index (κ2) is 7.10. The average Bonchev–Trinajstić information content (AvgIpc) is 3.15. The zero-order chi connectivity index (χ0) is 16.2. The highest BCUT2D eigenvalue weighted by molar-refractivity contribution is 7.16. The maximum Gasteiger partial charge on any atom is 0.183 e. The van der Waals surface area contributed by atoms with Gasteiger partial charge in [-0.1, -0.05) is 29.8 Å². The van der Waals surface area contributed by atoms with Gasteiger partial charge in [0.15, 0.2) is 5.13 Å². The van der Waals surface area contributed by atoms with E-state index in [1.807, 2.05) is 31.2 Å². The Morgan fingerprint density at radius 3 is 2.87 bits per heavy atom. The number of aryl methyl sites for hydroxylation is 1. The smallest absolute Gasteiger partial charge is 0.183 e. The molecule has 23 heavy (non-hydrogen) atoms. The topological polar surface area (TPSA) is 74.3 Å². The minimum absolute atomic E-state index is 0.123. The second-order valence-electron chi connectivity index (χ2n) is 5.72. The Bertz CT molecular complexity index is 676. The molecule has 1 aromatic carbocycles. The molecule has 0 amide bonds. The quantitative estimate of drug-likeness (QED) is 0.876. The van der Waals surface area contributed by atoms with Crippen molar-refractivity contribution < 1.29 is 14.6 Å². The number of carbonyl (C=O) groups excluding carboxylic acids is 1. The number of thiazole rings is 1. The SMILES string of the molecule is Cc1ccc(-c2nc(NC[C@H]3CCCO3)sc2CC(=O)[O-])cc1. The number of nitrogens with zero attached hydrogens (tertiary/aromatic N) is 1. The predicted octanol–water partition coefficient (Wildman–Crippen LogP) is 2.00. The average molecular weight is 331 g/mol. The summed E-state index contributed by atoms with van der Waals surface area (Å²) < 4.78 is 5.58. The first kappa shape index (κ1) is 16.0. The lowest BCUT2D eigenvalue weighted by Gasteiger charge is -2.09. The van der Waals surface area contributed by atoms with Gasteiger partial charge in [-0.15, -0.1) is 11.3 Å². The number of carboxylic acid groups (broad SMARTS) is 1. The summed E-state index contributed by atoms with van der Waals surface area (Å²) >= 11 is 1.37. The molecule has 1 saturated heterocycles. The Balaban J connectivity index is 1.80. The van der Waals surface area contributed by atoms with Gasteiger partial charge in [0.25, 0.3) is 0 Å². The van der Waals surface area contributed by atoms with Gasteiger partial charge in [0.2, 0.25) is 0 Å². The highest BCUT2D eigenvalue weighted by Gasteiger charge is 2.17. The van der Waals surface area contributed by atoms with Gasteiger partial charge in [0.1, 0.15) is 0 Å². The summed E-state index contributed by atoms with van der Waals surface area (Å²) in [5.41, 5.74) is 2.80. The third-order valence-corrected chi connectivity index (χ3v) is 4.85. The zero-order valence-electron chi connectivity index (χ0n) is 13.0. The zero-order valence-corrected chi connectivity index (χ0v) is 13.8. The first-order valence-corrected chi connectivity index (χ1v) is 8.55. The van der Waals surface area contributed by atoms with Crippen molar-refractivity contribution in [3.05, 3.63) is 34.7 Å². The Morgan fingerprint density at radius 2 is 2.22 bits per heavy atom. The molecule has 1 aromatic heterocycles. The van der Waals surface area contributed by atoms with E-state index in [9.17, 15) is 9.90 Å². The van der Waals surface area contributed by atoms with Crippen molar-refractivity contribution >= 4 is 22.4 Å². The van der Waals surface area contributed by atoms with Crippen molar-refractivity contribution in [2.45, 2.75) is 32.3 Å². The number of anilines is 1. The molecular formula is C17H19N2O3S-. The Labute approximate surface area is 139 Å². The highest BCUT2D eigenvalue weighted by Crippen LogP contribution is 2.32. The number of aliphatic carboxylic acids is 1. The van der Waals surface area contributed by atoms with Crippen molar-refractivity contribution in [3.8, 4) is 11.3 Å². The fraction of sp³-hybridized carbons (Fsp3) is 0.412. The van der Waals surface area contributed by atoms with Crippen LogP contribution in [0.5, 0.6) is 0 Å². The maximum atomic E-state index is 11.0. The molecule has 0 saturated carbocycles. The van der Waals surface area contributed by atoms with Crippen molar-refractivity contribution in [2.75, 3.05) is 18.5 Å². The molecule has 122 valence electrons. The van der Waals surface area contributed by atoms with Crippen molar-refractivity contribution in [2.24, 2.45) is 0 Å². The number of hydrogen-bond donors (Lipinski definition) is 1. The fourth-order valence-electron chi connectivity index (χ4n) is 2.62. The van der Waals surface area contributed by atoms with Gasteiger partial charge < -0.3 is 20.0 Å². The largest absolute Gasteiger partial charge is 0.550 e. The van der Waals surface area contributed by atoms with E-state index in [0.29, 0.717) is 17.1 Å². The monoisotopic (exact) mass is 331 g/mol. The molecule has 5 nitrogen and oxygen atoms in total. The van der Waals surface area contributed by atoms with Gasteiger partial charge in [0.05, 0.1) is 11.8 Å². The number of ether oxygens (including phenoxy) is 1. The van der Waals surface area contributed by atoms with Crippen LogP contribution in [0.15, 0.2) is 24.3 Å². The summed E-state index contributed by atoms with van der Waals surface area (Å²) in [4.78, 5) is 16.3. The molecule has 2 aromatic rings. The van der Waals surface area contributed by atoms with Crippen molar-refractivity contribution in [1.82, 2.24) is 4.98 Å². The van der Waals surface area contributed by atoms with Crippen LogP contribution in [0.4, 0.5) is 5.13 Å². The fourth-order valence-corrected chi connectivity index (χ4v) is 3.60. The van der Waals surface area contributed by atoms with Crippen LogP contribution in [0.1, 0.15) is 23.3 Å². The van der Waals surface area contributed by atoms with Gasteiger partial charge in [-0.25, -0.2) is 4.98 Å². The Morgan fingerprint density at radius 1 is 1.43 bits per heavy atom. The molecule has 1 fully saturated rings. The molecule has 1 atom stereocenters. The number of aromatic nitrogens is 1. The third kappa shape index (κ3) is 4.09. The van der Waals surface area contributed by atoms with Crippen LogP contribution < -0.4 is 10.4 Å². The van der Waals surface area contributed by atoms with Crippen LogP contribution in [0.3, 0.4) is 0 Å². The van der Waals surface area contributed by atoms with E-state index in [-0.39, 0.29) is 12.5 Å². The van der Waals surface area contributed by atoms with Crippen molar-refractivity contribution in [1.29, 1.82) is 0 Å². The number of nitrogens with one attached hydrogen (secondary N) is 1. The second-order valence-corrected chi connectivity index (χ2v) is 6.81.